The van der Waals surface area contributed by atoms with Crippen molar-refractivity contribution >= 4 is 11.8 Å². The highest BCUT2D eigenvalue weighted by atomic mass is 16.2. The summed E-state index contributed by atoms with van der Waals surface area (Å²) in [6.45, 7) is 0. The fourth-order valence-corrected chi connectivity index (χ4v) is 4.66. The van der Waals surface area contributed by atoms with Crippen molar-refractivity contribution in [3.05, 3.63) is 0 Å². The van der Waals surface area contributed by atoms with Crippen molar-refractivity contribution in [2.24, 2.45) is 29.4 Å². The van der Waals surface area contributed by atoms with Crippen LogP contribution in [0.2, 0.25) is 0 Å². The van der Waals surface area contributed by atoms with E-state index in [4.69, 9.17) is 5.73 Å². The van der Waals surface area contributed by atoms with Crippen molar-refractivity contribution in [2.45, 2.75) is 51.0 Å². The maximum absolute atomic E-state index is 11.8. The molecule has 4 heteroatoms. The zero-order valence-corrected chi connectivity index (χ0v) is 10.7. The van der Waals surface area contributed by atoms with Crippen LogP contribution in [0.5, 0.6) is 0 Å². The maximum atomic E-state index is 11.8. The monoisotopic (exact) mass is 250 g/mol. The minimum absolute atomic E-state index is 0.00581. The van der Waals surface area contributed by atoms with Crippen LogP contribution in [0.25, 0.3) is 0 Å². The first-order valence-corrected chi connectivity index (χ1v) is 7.19. The number of hydrogen-bond acceptors (Lipinski definition) is 2. The normalized spacial score (nSPS) is 40.8. The number of nitrogens with one attached hydrogen (secondary N) is 1. The van der Waals surface area contributed by atoms with Crippen LogP contribution in [0.3, 0.4) is 0 Å². The third-order valence-electron chi connectivity index (χ3n) is 5.15. The first-order valence-electron chi connectivity index (χ1n) is 7.19. The van der Waals surface area contributed by atoms with Gasteiger partial charge in [-0.15, -0.1) is 0 Å². The van der Waals surface area contributed by atoms with Gasteiger partial charge in [-0.1, -0.05) is 0 Å². The summed E-state index contributed by atoms with van der Waals surface area (Å²) in [7, 11) is 0. The molecule has 0 aromatic carbocycles. The Kier molecular flexibility index (Phi) is 3.04. The first kappa shape index (κ1) is 12.0. The predicted octanol–water partition coefficient (Wildman–Crippen LogP) is 1.19. The lowest BCUT2D eigenvalue weighted by Crippen LogP contribution is -2.55. The second kappa shape index (κ2) is 4.56. The van der Waals surface area contributed by atoms with E-state index in [1.54, 1.807) is 0 Å². The average molecular weight is 250 g/mol. The van der Waals surface area contributed by atoms with Gasteiger partial charge in [0, 0.05) is 18.9 Å². The molecule has 4 bridgehead atoms. The highest BCUT2D eigenvalue weighted by Gasteiger charge is 2.48. The lowest BCUT2D eigenvalue weighted by Gasteiger charge is -2.54. The van der Waals surface area contributed by atoms with E-state index in [1.165, 1.54) is 32.1 Å². The zero-order valence-electron chi connectivity index (χ0n) is 10.7. The van der Waals surface area contributed by atoms with E-state index in [9.17, 15) is 9.59 Å². The third-order valence-corrected chi connectivity index (χ3v) is 5.15. The Labute approximate surface area is 108 Å². The summed E-state index contributed by atoms with van der Waals surface area (Å²) in [6, 6.07) is 0.373. The zero-order chi connectivity index (χ0) is 12.7. The van der Waals surface area contributed by atoms with Crippen LogP contribution in [0.4, 0.5) is 0 Å². The van der Waals surface area contributed by atoms with Crippen LogP contribution in [0.15, 0.2) is 0 Å². The van der Waals surface area contributed by atoms with Crippen LogP contribution in [0, 0.1) is 23.7 Å². The molecule has 0 unspecified atom stereocenters. The van der Waals surface area contributed by atoms with Crippen LogP contribution in [-0.4, -0.2) is 17.9 Å². The van der Waals surface area contributed by atoms with Gasteiger partial charge in [-0.25, -0.2) is 0 Å². The lowest BCUT2D eigenvalue weighted by molar-refractivity contribution is -0.127. The molecule has 0 aromatic heterocycles. The molecule has 0 aliphatic heterocycles. The Morgan fingerprint density at radius 2 is 1.50 bits per heavy atom. The standard InChI is InChI=1S/C14H22N2O2/c15-12(17)1-2-13(18)16-14-10-4-8-3-9(6-10)7-11(14)5-8/h8-11,14H,1-7H2,(H2,15,17)(H,16,18). The Morgan fingerprint density at radius 3 is 2.00 bits per heavy atom. The molecule has 18 heavy (non-hydrogen) atoms. The maximum Gasteiger partial charge on any atom is 0.220 e. The molecule has 3 N–H and O–H groups in total. The van der Waals surface area contributed by atoms with Crippen molar-refractivity contribution < 1.29 is 9.59 Å². The fourth-order valence-electron chi connectivity index (χ4n) is 4.66. The second-order valence-electron chi connectivity index (χ2n) is 6.49. The smallest absolute Gasteiger partial charge is 0.220 e. The van der Waals surface area contributed by atoms with Crippen molar-refractivity contribution in [3.63, 3.8) is 0 Å². The molecule has 4 rings (SSSR count). The molecule has 0 aromatic rings. The SMILES string of the molecule is NC(=O)CCC(=O)NC1C2CC3CC(C2)CC1C3. The number of amides is 2. The van der Waals surface area contributed by atoms with Crippen molar-refractivity contribution in [2.75, 3.05) is 0 Å². The van der Waals surface area contributed by atoms with Crippen molar-refractivity contribution in [1.29, 1.82) is 0 Å². The summed E-state index contributed by atoms with van der Waals surface area (Å²) in [5, 5.41) is 3.17. The van der Waals surface area contributed by atoms with E-state index in [1.807, 2.05) is 0 Å². The van der Waals surface area contributed by atoms with E-state index in [-0.39, 0.29) is 18.7 Å². The van der Waals surface area contributed by atoms with E-state index in [0.29, 0.717) is 17.9 Å². The Bertz CT molecular complexity index is 339. The molecule has 4 aliphatic carbocycles. The third kappa shape index (κ3) is 2.25. The number of nitrogens with two attached hydrogens (primary N) is 1. The van der Waals surface area contributed by atoms with E-state index < -0.39 is 5.91 Å². The molecule has 4 aliphatic rings. The van der Waals surface area contributed by atoms with Gasteiger partial charge in [0.15, 0.2) is 0 Å². The van der Waals surface area contributed by atoms with Crippen LogP contribution in [0.1, 0.15) is 44.9 Å². The molecular weight excluding hydrogens is 228 g/mol. The number of rotatable bonds is 4. The Balaban J connectivity index is 1.57. The van der Waals surface area contributed by atoms with Gasteiger partial charge in [-0.05, 0) is 55.8 Å². The van der Waals surface area contributed by atoms with Crippen molar-refractivity contribution in [3.8, 4) is 0 Å². The highest BCUT2D eigenvalue weighted by molar-refractivity contribution is 5.83. The molecule has 4 fully saturated rings. The van der Waals surface area contributed by atoms with E-state index >= 15 is 0 Å². The predicted molar refractivity (Wildman–Crippen MR) is 67.4 cm³/mol. The van der Waals surface area contributed by atoms with Gasteiger partial charge in [0.1, 0.15) is 0 Å². The summed E-state index contributed by atoms with van der Waals surface area (Å²) in [5.74, 6) is 2.84. The number of hydrogen-bond donors (Lipinski definition) is 2. The van der Waals surface area contributed by atoms with Gasteiger partial charge >= 0.3 is 0 Å². The Morgan fingerprint density at radius 1 is 0.944 bits per heavy atom. The van der Waals surface area contributed by atoms with Crippen molar-refractivity contribution in [1.82, 2.24) is 5.32 Å². The fraction of sp³-hybridized carbons (Fsp3) is 0.857. The van der Waals surface area contributed by atoms with Crippen LogP contribution >= 0.6 is 0 Å². The summed E-state index contributed by atoms with van der Waals surface area (Å²) in [6.07, 6.45) is 7.04. The minimum Gasteiger partial charge on any atom is -0.370 e. The molecule has 0 radical (unpaired) electrons. The molecular formula is C14H22N2O2. The molecule has 2 amide bonds. The summed E-state index contributed by atoms with van der Waals surface area (Å²) in [4.78, 5) is 22.5. The average Bonchev–Trinajstić information content (AvgIpc) is 2.30. The lowest BCUT2D eigenvalue weighted by atomic mass is 9.54. The Hall–Kier alpha value is -1.06. The molecule has 0 heterocycles. The van der Waals surface area contributed by atoms with Gasteiger partial charge < -0.3 is 11.1 Å². The second-order valence-corrected chi connectivity index (χ2v) is 6.49. The quantitative estimate of drug-likeness (QED) is 0.786. The van der Waals surface area contributed by atoms with Crippen LogP contribution < -0.4 is 11.1 Å². The van der Waals surface area contributed by atoms with Crippen LogP contribution in [-0.2, 0) is 9.59 Å². The molecule has 100 valence electrons. The number of carbonyl (C=O) groups excluding carboxylic acids is 2. The van der Waals surface area contributed by atoms with E-state index in [2.05, 4.69) is 5.32 Å². The number of carbonyl (C=O) groups is 2. The number of primary amides is 1. The van der Waals surface area contributed by atoms with Gasteiger partial charge in [0.25, 0.3) is 0 Å². The van der Waals surface area contributed by atoms with Gasteiger partial charge in [0.2, 0.25) is 11.8 Å². The molecule has 4 saturated carbocycles. The summed E-state index contributed by atoms with van der Waals surface area (Å²) in [5.41, 5.74) is 5.07. The molecule has 0 atom stereocenters. The van der Waals surface area contributed by atoms with Gasteiger partial charge in [-0.2, -0.15) is 0 Å². The molecule has 4 nitrogen and oxygen atoms in total. The van der Waals surface area contributed by atoms with Gasteiger partial charge in [-0.3, -0.25) is 9.59 Å². The van der Waals surface area contributed by atoms with Gasteiger partial charge in [0.05, 0.1) is 0 Å². The molecule has 0 saturated heterocycles. The topological polar surface area (TPSA) is 72.2 Å². The summed E-state index contributed by atoms with van der Waals surface area (Å²) >= 11 is 0. The highest BCUT2D eigenvalue weighted by Crippen LogP contribution is 2.53. The minimum atomic E-state index is -0.393. The summed E-state index contributed by atoms with van der Waals surface area (Å²) < 4.78 is 0. The molecule has 0 spiro atoms. The largest absolute Gasteiger partial charge is 0.370 e. The first-order chi connectivity index (χ1) is 8.61. The van der Waals surface area contributed by atoms with E-state index in [0.717, 1.165) is 11.8 Å².